The molecule has 1 fully saturated rings. The van der Waals surface area contributed by atoms with Crippen LogP contribution in [0.2, 0.25) is 5.02 Å². The summed E-state index contributed by atoms with van der Waals surface area (Å²) in [4.78, 5) is 23.3. The van der Waals surface area contributed by atoms with Crippen LogP contribution < -0.4 is 20.3 Å². The molecule has 1 aromatic heterocycles. The number of morpholine rings is 1. The van der Waals surface area contributed by atoms with E-state index < -0.39 is 23.4 Å². The average molecular weight is 512 g/mol. The average Bonchev–Trinajstić information content (AvgIpc) is 2.86. The fourth-order valence-electron chi connectivity index (χ4n) is 3.70. The SMILES string of the molecule is O=C(Nc1cccc(Cl)c1)Nc1cc(F)c(Oc2ccc3ncc(N4CCOCC4)nc3c2)c(F)c1. The molecule has 5 rings (SSSR count). The van der Waals surface area contributed by atoms with E-state index in [-0.39, 0.29) is 11.4 Å². The number of nitrogens with one attached hydrogen (secondary N) is 2. The molecule has 0 spiro atoms. The van der Waals surface area contributed by atoms with Crippen LogP contribution in [-0.4, -0.2) is 42.3 Å². The Balaban J connectivity index is 1.31. The van der Waals surface area contributed by atoms with Crippen LogP contribution in [0.3, 0.4) is 0 Å². The number of carbonyl (C=O) groups is 1. The van der Waals surface area contributed by atoms with Gasteiger partial charge in [0.2, 0.25) is 0 Å². The topological polar surface area (TPSA) is 88.6 Å². The summed E-state index contributed by atoms with van der Waals surface area (Å²) in [5.41, 5.74) is 1.48. The summed E-state index contributed by atoms with van der Waals surface area (Å²) in [6.45, 7) is 2.61. The zero-order chi connectivity index (χ0) is 25.1. The van der Waals surface area contributed by atoms with Crippen molar-refractivity contribution in [2.75, 3.05) is 41.8 Å². The molecule has 2 heterocycles. The Morgan fingerprint density at radius 1 is 0.972 bits per heavy atom. The van der Waals surface area contributed by atoms with Gasteiger partial charge < -0.3 is 25.0 Å². The molecule has 0 radical (unpaired) electrons. The molecule has 2 N–H and O–H groups in total. The second-order valence-electron chi connectivity index (χ2n) is 7.94. The molecule has 3 aromatic carbocycles. The third kappa shape index (κ3) is 5.45. The third-order valence-corrected chi connectivity index (χ3v) is 5.63. The van der Waals surface area contributed by atoms with Crippen LogP contribution in [0.25, 0.3) is 11.0 Å². The maximum absolute atomic E-state index is 14.7. The molecule has 1 aliphatic rings. The number of hydrogen-bond donors (Lipinski definition) is 2. The van der Waals surface area contributed by atoms with Crippen molar-refractivity contribution in [2.24, 2.45) is 0 Å². The van der Waals surface area contributed by atoms with Crippen molar-refractivity contribution in [1.82, 2.24) is 9.97 Å². The molecular weight excluding hydrogens is 492 g/mol. The molecule has 1 aliphatic heterocycles. The molecule has 184 valence electrons. The van der Waals surface area contributed by atoms with Crippen LogP contribution in [0.15, 0.2) is 60.8 Å². The lowest BCUT2D eigenvalue weighted by Crippen LogP contribution is -2.36. The third-order valence-electron chi connectivity index (χ3n) is 5.39. The zero-order valence-electron chi connectivity index (χ0n) is 18.8. The predicted octanol–water partition coefficient (Wildman–Crippen LogP) is 5.83. The molecular formula is C25H20ClF2N5O3. The van der Waals surface area contributed by atoms with E-state index in [0.29, 0.717) is 53.9 Å². The monoisotopic (exact) mass is 511 g/mol. The lowest BCUT2D eigenvalue weighted by molar-refractivity contribution is 0.122. The van der Waals surface area contributed by atoms with E-state index in [0.717, 1.165) is 12.1 Å². The van der Waals surface area contributed by atoms with Gasteiger partial charge in [-0.05, 0) is 30.3 Å². The summed E-state index contributed by atoms with van der Waals surface area (Å²) in [7, 11) is 0. The number of hydrogen-bond acceptors (Lipinski definition) is 6. The minimum absolute atomic E-state index is 0.0867. The van der Waals surface area contributed by atoms with Gasteiger partial charge in [-0.1, -0.05) is 17.7 Å². The Hall–Kier alpha value is -4.02. The summed E-state index contributed by atoms with van der Waals surface area (Å²) in [5.74, 6) is -1.70. The van der Waals surface area contributed by atoms with E-state index in [9.17, 15) is 13.6 Å². The van der Waals surface area contributed by atoms with E-state index in [2.05, 4.69) is 25.5 Å². The van der Waals surface area contributed by atoms with Gasteiger partial charge in [0.1, 0.15) is 11.6 Å². The number of fused-ring (bicyclic) bond motifs is 1. The number of rotatable bonds is 5. The number of halogens is 3. The fraction of sp³-hybridized carbons (Fsp3) is 0.160. The van der Waals surface area contributed by atoms with Crippen LogP contribution >= 0.6 is 11.6 Å². The highest BCUT2D eigenvalue weighted by Crippen LogP contribution is 2.32. The smallest absolute Gasteiger partial charge is 0.323 e. The Morgan fingerprint density at radius 2 is 1.72 bits per heavy atom. The molecule has 1 saturated heterocycles. The van der Waals surface area contributed by atoms with Crippen molar-refractivity contribution in [3.63, 3.8) is 0 Å². The number of benzene rings is 3. The van der Waals surface area contributed by atoms with E-state index in [1.54, 1.807) is 42.6 Å². The van der Waals surface area contributed by atoms with Crippen molar-refractivity contribution >= 4 is 45.9 Å². The summed E-state index contributed by atoms with van der Waals surface area (Å²) in [6.07, 6.45) is 1.68. The highest BCUT2D eigenvalue weighted by molar-refractivity contribution is 6.30. The highest BCUT2D eigenvalue weighted by Gasteiger charge is 2.17. The van der Waals surface area contributed by atoms with Crippen LogP contribution in [0.1, 0.15) is 0 Å². The number of nitrogens with zero attached hydrogens (tertiary/aromatic N) is 3. The molecule has 4 aromatic rings. The Morgan fingerprint density at radius 3 is 2.47 bits per heavy atom. The van der Waals surface area contributed by atoms with Crippen LogP contribution in [0, 0.1) is 11.6 Å². The van der Waals surface area contributed by atoms with Gasteiger partial charge in [-0.15, -0.1) is 0 Å². The van der Waals surface area contributed by atoms with Gasteiger partial charge in [-0.2, -0.15) is 0 Å². The molecule has 0 atom stereocenters. The van der Waals surface area contributed by atoms with Crippen LogP contribution in [0.5, 0.6) is 11.5 Å². The molecule has 0 aliphatic carbocycles. The van der Waals surface area contributed by atoms with E-state index >= 15 is 0 Å². The Labute approximate surface area is 209 Å². The molecule has 0 saturated carbocycles. The van der Waals surface area contributed by atoms with Crippen molar-refractivity contribution in [2.45, 2.75) is 0 Å². The molecule has 0 bridgehead atoms. The molecule has 11 heteroatoms. The van der Waals surface area contributed by atoms with Crippen molar-refractivity contribution in [3.05, 3.63) is 77.5 Å². The van der Waals surface area contributed by atoms with Gasteiger partial charge in [0.05, 0.1) is 30.4 Å². The quantitative estimate of drug-likeness (QED) is 0.350. The number of carbonyl (C=O) groups excluding carboxylic acids is 1. The number of anilines is 3. The number of aromatic nitrogens is 2. The second kappa shape index (κ2) is 10.3. The second-order valence-corrected chi connectivity index (χ2v) is 8.38. The number of amides is 2. The maximum Gasteiger partial charge on any atom is 0.323 e. The zero-order valence-corrected chi connectivity index (χ0v) is 19.6. The molecule has 8 nitrogen and oxygen atoms in total. The summed E-state index contributed by atoms with van der Waals surface area (Å²) in [6, 6.07) is 12.5. The molecule has 2 amide bonds. The first kappa shape index (κ1) is 23.7. The maximum atomic E-state index is 14.7. The van der Waals surface area contributed by atoms with Crippen LogP contribution in [0.4, 0.5) is 30.8 Å². The molecule has 36 heavy (non-hydrogen) atoms. The number of ether oxygens (including phenoxy) is 2. The van der Waals surface area contributed by atoms with Gasteiger partial charge in [0.25, 0.3) is 0 Å². The van der Waals surface area contributed by atoms with Gasteiger partial charge >= 0.3 is 6.03 Å². The molecule has 0 unspecified atom stereocenters. The van der Waals surface area contributed by atoms with Crippen molar-refractivity contribution in [3.8, 4) is 11.5 Å². The standard InChI is InChI=1S/C25H20ClF2N5O3/c26-15-2-1-3-16(10-15)30-25(34)31-17-11-19(27)24(20(28)12-17)36-18-4-5-21-22(13-18)32-23(14-29-21)33-6-8-35-9-7-33/h1-5,10-14H,6-9H2,(H2,30,31,34). The summed E-state index contributed by atoms with van der Waals surface area (Å²) < 4.78 is 40.4. The largest absolute Gasteiger partial charge is 0.451 e. The Kier molecular flexibility index (Phi) is 6.79. The van der Waals surface area contributed by atoms with Crippen LogP contribution in [-0.2, 0) is 4.74 Å². The Bertz CT molecular complexity index is 1410. The van der Waals surface area contributed by atoms with Gasteiger partial charge in [0.15, 0.2) is 17.4 Å². The first-order valence-electron chi connectivity index (χ1n) is 11.0. The highest BCUT2D eigenvalue weighted by atomic mass is 35.5. The van der Waals surface area contributed by atoms with Gasteiger partial charge in [0, 0.05) is 47.7 Å². The van der Waals surface area contributed by atoms with Crippen molar-refractivity contribution < 1.29 is 23.0 Å². The number of urea groups is 1. The normalized spacial score (nSPS) is 13.5. The minimum Gasteiger partial charge on any atom is -0.451 e. The van der Waals surface area contributed by atoms with Crippen molar-refractivity contribution in [1.29, 1.82) is 0 Å². The van der Waals surface area contributed by atoms with E-state index in [1.807, 2.05) is 0 Å². The fourth-order valence-corrected chi connectivity index (χ4v) is 3.89. The van der Waals surface area contributed by atoms with Gasteiger partial charge in [-0.25, -0.2) is 18.6 Å². The first-order valence-corrected chi connectivity index (χ1v) is 11.4. The summed E-state index contributed by atoms with van der Waals surface area (Å²) >= 11 is 5.89. The minimum atomic E-state index is -0.985. The lowest BCUT2D eigenvalue weighted by Gasteiger charge is -2.27. The van der Waals surface area contributed by atoms with E-state index in [1.165, 1.54) is 6.07 Å². The summed E-state index contributed by atoms with van der Waals surface area (Å²) in [5, 5.41) is 5.35. The van der Waals surface area contributed by atoms with E-state index in [4.69, 9.17) is 21.1 Å². The first-order chi connectivity index (χ1) is 17.4. The predicted molar refractivity (Wildman–Crippen MR) is 133 cm³/mol. The lowest BCUT2D eigenvalue weighted by atomic mass is 10.2. The van der Waals surface area contributed by atoms with Gasteiger partial charge in [-0.3, -0.25) is 4.98 Å².